The van der Waals surface area contributed by atoms with E-state index in [4.69, 9.17) is 11.0 Å². The number of carbonyl (C=O) groups excluding carboxylic acids is 1. The van der Waals surface area contributed by atoms with Gasteiger partial charge in [-0.05, 0) is 24.6 Å². The zero-order valence-electron chi connectivity index (χ0n) is 10.5. The van der Waals surface area contributed by atoms with Crippen LogP contribution in [0.25, 0.3) is 0 Å². The second-order valence-electron chi connectivity index (χ2n) is 4.13. The Hall–Kier alpha value is -1.93. The number of likely N-dealkylation sites (N-methyl/N-ethyl adjacent to an activating group) is 1. The highest BCUT2D eigenvalue weighted by atomic mass is 19.1. The van der Waals surface area contributed by atoms with Crippen LogP contribution in [0.1, 0.15) is 24.5 Å². The minimum absolute atomic E-state index is 0.105. The van der Waals surface area contributed by atoms with Crippen molar-refractivity contribution in [1.82, 2.24) is 4.90 Å². The molecule has 1 atom stereocenters. The fraction of sp³-hybridized carbons (Fsp3) is 0.385. The molecule has 18 heavy (non-hydrogen) atoms. The van der Waals surface area contributed by atoms with Gasteiger partial charge in [-0.3, -0.25) is 4.79 Å². The van der Waals surface area contributed by atoms with E-state index in [1.165, 1.54) is 23.1 Å². The van der Waals surface area contributed by atoms with E-state index >= 15 is 0 Å². The number of nitriles is 1. The van der Waals surface area contributed by atoms with Crippen molar-refractivity contribution in [1.29, 1.82) is 5.26 Å². The molecule has 0 aliphatic heterocycles. The largest absolute Gasteiger partial charge is 0.340 e. The number of nitrogens with two attached hydrogens (primary N) is 1. The summed E-state index contributed by atoms with van der Waals surface area (Å²) in [6.45, 7) is 1.92. The van der Waals surface area contributed by atoms with Gasteiger partial charge in [0.15, 0.2) is 0 Å². The Kier molecular flexibility index (Phi) is 4.81. The monoisotopic (exact) mass is 249 g/mol. The van der Waals surface area contributed by atoms with Crippen LogP contribution in [-0.2, 0) is 11.3 Å². The molecule has 0 heterocycles. The molecule has 0 radical (unpaired) electrons. The van der Waals surface area contributed by atoms with Crippen molar-refractivity contribution in [2.75, 3.05) is 7.05 Å². The summed E-state index contributed by atoms with van der Waals surface area (Å²) in [6, 6.07) is 5.43. The fourth-order valence-electron chi connectivity index (χ4n) is 1.56. The minimum Gasteiger partial charge on any atom is -0.340 e. The molecular formula is C13H16FN3O. The van der Waals surface area contributed by atoms with Crippen LogP contribution >= 0.6 is 0 Å². The van der Waals surface area contributed by atoms with Gasteiger partial charge in [-0.2, -0.15) is 5.26 Å². The summed E-state index contributed by atoms with van der Waals surface area (Å²) in [6.07, 6.45) is 0.532. The third-order valence-corrected chi connectivity index (χ3v) is 2.72. The molecule has 0 aliphatic rings. The molecule has 1 aromatic carbocycles. The highest BCUT2D eigenvalue weighted by molar-refractivity contribution is 5.81. The summed E-state index contributed by atoms with van der Waals surface area (Å²) in [5.74, 6) is -0.669. The van der Waals surface area contributed by atoms with E-state index in [2.05, 4.69) is 0 Å². The standard InChI is InChI=1S/C13H16FN3O/c1-3-12(16)13(18)17(2)8-10-6-9(7-15)4-5-11(10)14/h4-6,12H,3,8,16H2,1-2H3. The maximum atomic E-state index is 13.5. The van der Waals surface area contributed by atoms with E-state index in [0.717, 1.165) is 0 Å². The fourth-order valence-corrected chi connectivity index (χ4v) is 1.56. The van der Waals surface area contributed by atoms with E-state index in [-0.39, 0.29) is 12.5 Å². The maximum absolute atomic E-state index is 13.5. The first kappa shape index (κ1) is 14.1. The predicted octanol–water partition coefficient (Wildman–Crippen LogP) is 1.39. The third-order valence-electron chi connectivity index (χ3n) is 2.72. The van der Waals surface area contributed by atoms with Crippen LogP contribution in [0.3, 0.4) is 0 Å². The average Bonchev–Trinajstić information content (AvgIpc) is 2.39. The second kappa shape index (κ2) is 6.12. The molecule has 1 rings (SSSR count). The van der Waals surface area contributed by atoms with Gasteiger partial charge in [0.05, 0.1) is 17.7 Å². The first-order chi connectivity index (χ1) is 8.49. The van der Waals surface area contributed by atoms with Crippen LogP contribution in [0.2, 0.25) is 0 Å². The van der Waals surface area contributed by atoms with Gasteiger partial charge in [0.25, 0.3) is 0 Å². The molecule has 0 spiro atoms. The summed E-state index contributed by atoms with van der Waals surface area (Å²) >= 11 is 0. The summed E-state index contributed by atoms with van der Waals surface area (Å²) in [7, 11) is 1.57. The van der Waals surface area contributed by atoms with Crippen molar-refractivity contribution in [3.63, 3.8) is 0 Å². The average molecular weight is 249 g/mol. The molecule has 0 saturated carbocycles. The molecule has 0 fully saturated rings. The van der Waals surface area contributed by atoms with Gasteiger partial charge in [-0.1, -0.05) is 6.92 Å². The molecule has 96 valence electrons. The molecule has 1 aromatic rings. The zero-order valence-corrected chi connectivity index (χ0v) is 10.5. The Balaban J connectivity index is 2.85. The number of hydrogen-bond acceptors (Lipinski definition) is 3. The van der Waals surface area contributed by atoms with Gasteiger partial charge in [0.2, 0.25) is 5.91 Å². The Morgan fingerprint density at radius 2 is 2.28 bits per heavy atom. The topological polar surface area (TPSA) is 70.1 Å². The molecular weight excluding hydrogens is 233 g/mol. The molecule has 0 aromatic heterocycles. The lowest BCUT2D eigenvalue weighted by atomic mass is 10.1. The highest BCUT2D eigenvalue weighted by Gasteiger charge is 2.17. The predicted molar refractivity (Wildman–Crippen MR) is 65.9 cm³/mol. The summed E-state index contributed by atoms with van der Waals surface area (Å²) in [5, 5.41) is 8.75. The molecule has 5 heteroatoms. The summed E-state index contributed by atoms with van der Waals surface area (Å²) < 4.78 is 13.5. The molecule has 4 nitrogen and oxygen atoms in total. The van der Waals surface area contributed by atoms with Crippen LogP contribution in [0.4, 0.5) is 4.39 Å². The summed E-state index contributed by atoms with van der Waals surface area (Å²) in [4.78, 5) is 13.1. The number of rotatable bonds is 4. The number of carbonyl (C=O) groups is 1. The van der Waals surface area contributed by atoms with Gasteiger partial charge in [-0.25, -0.2) is 4.39 Å². The van der Waals surface area contributed by atoms with Crippen molar-refractivity contribution in [3.8, 4) is 6.07 Å². The third kappa shape index (κ3) is 3.28. The Bertz CT molecular complexity index is 482. The first-order valence-corrected chi connectivity index (χ1v) is 5.68. The maximum Gasteiger partial charge on any atom is 0.239 e. The van der Waals surface area contributed by atoms with Crippen LogP contribution in [0.5, 0.6) is 0 Å². The van der Waals surface area contributed by atoms with Gasteiger partial charge < -0.3 is 10.6 Å². The number of halogens is 1. The Morgan fingerprint density at radius 1 is 1.61 bits per heavy atom. The Morgan fingerprint density at radius 3 is 2.83 bits per heavy atom. The van der Waals surface area contributed by atoms with Crippen LogP contribution in [0.15, 0.2) is 18.2 Å². The SMILES string of the molecule is CCC(N)C(=O)N(C)Cc1cc(C#N)ccc1F. The van der Waals surface area contributed by atoms with Crippen molar-refractivity contribution < 1.29 is 9.18 Å². The summed E-state index contributed by atoms with van der Waals surface area (Å²) in [5.41, 5.74) is 6.31. The van der Waals surface area contributed by atoms with Gasteiger partial charge in [-0.15, -0.1) is 0 Å². The van der Waals surface area contributed by atoms with E-state index in [9.17, 15) is 9.18 Å². The van der Waals surface area contributed by atoms with E-state index in [1.54, 1.807) is 7.05 Å². The number of benzene rings is 1. The lowest BCUT2D eigenvalue weighted by Gasteiger charge is -2.21. The highest BCUT2D eigenvalue weighted by Crippen LogP contribution is 2.12. The van der Waals surface area contributed by atoms with E-state index in [0.29, 0.717) is 17.5 Å². The lowest BCUT2D eigenvalue weighted by molar-refractivity contribution is -0.131. The van der Waals surface area contributed by atoms with Crippen molar-refractivity contribution in [3.05, 3.63) is 35.1 Å². The second-order valence-corrected chi connectivity index (χ2v) is 4.13. The van der Waals surface area contributed by atoms with Gasteiger partial charge in [0, 0.05) is 19.2 Å². The Labute approximate surface area is 106 Å². The minimum atomic E-state index is -0.572. The van der Waals surface area contributed by atoms with E-state index < -0.39 is 11.9 Å². The van der Waals surface area contributed by atoms with Crippen molar-refractivity contribution in [2.45, 2.75) is 25.9 Å². The molecule has 0 aliphatic carbocycles. The van der Waals surface area contributed by atoms with Crippen LogP contribution in [-0.4, -0.2) is 23.9 Å². The molecule has 0 saturated heterocycles. The smallest absolute Gasteiger partial charge is 0.239 e. The first-order valence-electron chi connectivity index (χ1n) is 5.68. The van der Waals surface area contributed by atoms with Crippen LogP contribution < -0.4 is 5.73 Å². The molecule has 1 unspecified atom stereocenters. The number of amides is 1. The van der Waals surface area contributed by atoms with Crippen molar-refractivity contribution >= 4 is 5.91 Å². The normalized spacial score (nSPS) is 11.7. The zero-order chi connectivity index (χ0) is 13.7. The molecule has 0 bridgehead atoms. The number of hydrogen-bond donors (Lipinski definition) is 1. The lowest BCUT2D eigenvalue weighted by Crippen LogP contribution is -2.41. The number of nitrogens with zero attached hydrogens (tertiary/aromatic N) is 2. The molecule has 1 amide bonds. The quantitative estimate of drug-likeness (QED) is 0.876. The van der Waals surface area contributed by atoms with Gasteiger partial charge in [0.1, 0.15) is 5.82 Å². The molecule has 2 N–H and O–H groups in total. The van der Waals surface area contributed by atoms with E-state index in [1.807, 2.05) is 13.0 Å². The van der Waals surface area contributed by atoms with Gasteiger partial charge >= 0.3 is 0 Å². The van der Waals surface area contributed by atoms with Crippen LogP contribution in [0, 0.1) is 17.1 Å². The van der Waals surface area contributed by atoms with Crippen molar-refractivity contribution in [2.24, 2.45) is 5.73 Å².